The summed E-state index contributed by atoms with van der Waals surface area (Å²) < 4.78 is 15.0. The zero-order valence-electron chi connectivity index (χ0n) is 11.3. The lowest BCUT2D eigenvalue weighted by molar-refractivity contribution is 0.558. The van der Waals surface area contributed by atoms with Gasteiger partial charge in [-0.25, -0.2) is 9.37 Å². The summed E-state index contributed by atoms with van der Waals surface area (Å²) in [5.41, 5.74) is 0.327. The van der Waals surface area contributed by atoms with Crippen molar-refractivity contribution in [3.63, 3.8) is 0 Å². The van der Waals surface area contributed by atoms with Crippen LogP contribution in [0.15, 0.2) is 23.0 Å². The fraction of sp³-hybridized carbons (Fsp3) is 0.467. The summed E-state index contributed by atoms with van der Waals surface area (Å²) in [6, 6.07) is 4.11. The second-order valence-electron chi connectivity index (χ2n) is 5.37. The topological polar surface area (TPSA) is 34.9 Å². The number of aromatic nitrogens is 2. The summed E-state index contributed by atoms with van der Waals surface area (Å²) >= 11 is 6.31. The molecule has 0 bridgehead atoms. The molecule has 1 aliphatic carbocycles. The minimum Gasteiger partial charge on any atom is -0.295 e. The van der Waals surface area contributed by atoms with E-state index in [9.17, 15) is 9.18 Å². The lowest BCUT2D eigenvalue weighted by atomic mass is 10.2. The third kappa shape index (κ3) is 2.44. The van der Waals surface area contributed by atoms with Gasteiger partial charge in [0.15, 0.2) is 0 Å². The van der Waals surface area contributed by atoms with E-state index in [0.29, 0.717) is 35.6 Å². The molecule has 2 aromatic rings. The molecule has 20 heavy (non-hydrogen) atoms. The Morgan fingerprint density at radius 2 is 2.25 bits per heavy atom. The third-order valence-corrected chi connectivity index (χ3v) is 4.23. The van der Waals surface area contributed by atoms with Crippen LogP contribution in [0.4, 0.5) is 4.39 Å². The predicted octanol–water partition coefficient (Wildman–Crippen LogP) is 3.64. The molecule has 1 saturated carbocycles. The molecular weight excluding hydrogens is 279 g/mol. The maximum Gasteiger partial charge on any atom is 0.261 e. The van der Waals surface area contributed by atoms with Gasteiger partial charge in [-0.05, 0) is 43.4 Å². The first kappa shape index (κ1) is 13.6. The molecule has 0 N–H and O–H groups in total. The number of rotatable bonds is 4. The highest BCUT2D eigenvalue weighted by Crippen LogP contribution is 2.32. The van der Waals surface area contributed by atoms with Gasteiger partial charge in [-0.3, -0.25) is 9.36 Å². The van der Waals surface area contributed by atoms with Gasteiger partial charge in [-0.2, -0.15) is 0 Å². The Morgan fingerprint density at radius 3 is 2.90 bits per heavy atom. The molecule has 3 nitrogen and oxygen atoms in total. The van der Waals surface area contributed by atoms with Crippen LogP contribution in [0, 0.1) is 11.7 Å². The highest BCUT2D eigenvalue weighted by molar-refractivity contribution is 6.20. The van der Waals surface area contributed by atoms with E-state index in [-0.39, 0.29) is 10.9 Å². The number of nitrogens with zero attached hydrogens (tertiary/aromatic N) is 2. The molecule has 0 saturated heterocycles. The minimum absolute atomic E-state index is 0.185. The molecule has 0 aliphatic heterocycles. The average molecular weight is 295 g/mol. The van der Waals surface area contributed by atoms with Crippen molar-refractivity contribution in [3.8, 4) is 0 Å². The first-order valence-corrected chi connectivity index (χ1v) is 7.38. The van der Waals surface area contributed by atoms with Crippen molar-refractivity contribution in [1.82, 2.24) is 9.55 Å². The molecule has 1 fully saturated rings. The monoisotopic (exact) mass is 294 g/mol. The molecule has 0 unspecified atom stereocenters. The fourth-order valence-electron chi connectivity index (χ4n) is 2.37. The molecule has 1 atom stereocenters. The number of benzene rings is 1. The second-order valence-corrected chi connectivity index (χ2v) is 5.89. The summed E-state index contributed by atoms with van der Waals surface area (Å²) in [6.45, 7) is 2.59. The maximum absolute atomic E-state index is 13.3. The normalized spacial score (nSPS) is 16.6. The summed E-state index contributed by atoms with van der Waals surface area (Å²) in [6.07, 6.45) is 2.96. The van der Waals surface area contributed by atoms with E-state index in [1.165, 1.54) is 18.2 Å². The summed E-state index contributed by atoms with van der Waals surface area (Å²) in [5.74, 6) is 0.713. The lowest BCUT2D eigenvalue weighted by Gasteiger charge is -2.16. The van der Waals surface area contributed by atoms with E-state index in [1.807, 2.05) is 6.92 Å². The first-order valence-electron chi connectivity index (χ1n) is 6.94. The smallest absolute Gasteiger partial charge is 0.261 e. The fourth-order valence-corrected chi connectivity index (χ4v) is 2.53. The molecule has 0 radical (unpaired) electrons. The van der Waals surface area contributed by atoms with Gasteiger partial charge in [0.05, 0.1) is 16.3 Å². The number of fused-ring (bicyclic) bond motifs is 1. The van der Waals surface area contributed by atoms with E-state index in [1.54, 1.807) is 4.57 Å². The van der Waals surface area contributed by atoms with Gasteiger partial charge in [0, 0.05) is 6.54 Å². The quantitative estimate of drug-likeness (QED) is 0.807. The summed E-state index contributed by atoms with van der Waals surface area (Å²) in [4.78, 5) is 17.1. The van der Waals surface area contributed by atoms with Crippen LogP contribution in [-0.4, -0.2) is 9.55 Å². The van der Waals surface area contributed by atoms with Crippen molar-refractivity contribution in [2.45, 2.75) is 38.1 Å². The number of hydrogen-bond donors (Lipinski definition) is 0. The Morgan fingerprint density at radius 1 is 1.50 bits per heavy atom. The minimum atomic E-state index is -0.417. The largest absolute Gasteiger partial charge is 0.295 e. The average Bonchev–Trinajstić information content (AvgIpc) is 3.25. The summed E-state index contributed by atoms with van der Waals surface area (Å²) in [5, 5.41) is 0.0327. The van der Waals surface area contributed by atoms with Gasteiger partial charge >= 0.3 is 0 Å². The van der Waals surface area contributed by atoms with Gasteiger partial charge in [0.2, 0.25) is 0 Å². The molecule has 3 rings (SSSR count). The van der Waals surface area contributed by atoms with Crippen molar-refractivity contribution >= 4 is 22.5 Å². The molecule has 5 heteroatoms. The van der Waals surface area contributed by atoms with E-state index in [0.717, 1.165) is 12.8 Å². The van der Waals surface area contributed by atoms with Crippen LogP contribution in [0.25, 0.3) is 10.9 Å². The Hall–Kier alpha value is -1.42. The van der Waals surface area contributed by atoms with Crippen molar-refractivity contribution in [1.29, 1.82) is 0 Å². The van der Waals surface area contributed by atoms with Crippen LogP contribution < -0.4 is 5.56 Å². The van der Waals surface area contributed by atoms with E-state index in [2.05, 4.69) is 4.98 Å². The van der Waals surface area contributed by atoms with Crippen LogP contribution in [0.1, 0.15) is 37.4 Å². The number of halogens is 2. The molecular formula is C15H16ClFN2O. The molecule has 0 spiro atoms. The van der Waals surface area contributed by atoms with Gasteiger partial charge in [-0.15, -0.1) is 11.6 Å². The highest BCUT2D eigenvalue weighted by atomic mass is 35.5. The lowest BCUT2D eigenvalue weighted by Crippen LogP contribution is -2.27. The summed E-state index contributed by atoms with van der Waals surface area (Å²) in [7, 11) is 0. The maximum atomic E-state index is 13.3. The Kier molecular flexibility index (Phi) is 3.50. The van der Waals surface area contributed by atoms with E-state index in [4.69, 9.17) is 11.6 Å². The Bertz CT molecular complexity index is 709. The molecule has 1 aliphatic rings. The third-order valence-electron chi connectivity index (χ3n) is 3.72. The zero-order chi connectivity index (χ0) is 14.3. The molecule has 1 aromatic heterocycles. The van der Waals surface area contributed by atoms with E-state index < -0.39 is 5.82 Å². The van der Waals surface area contributed by atoms with Crippen molar-refractivity contribution < 1.29 is 4.39 Å². The molecule has 1 heterocycles. The van der Waals surface area contributed by atoms with Crippen LogP contribution in [0.5, 0.6) is 0 Å². The second kappa shape index (κ2) is 5.17. The Balaban J connectivity index is 2.23. The standard InChI is InChI=1S/C15H16ClFN2O/c1-2-12(16)14-18-13-6-5-10(17)7-11(13)15(20)19(14)8-9-3-4-9/h5-7,9,12H,2-4,8H2,1H3/t12-/m1/s1. The van der Waals surface area contributed by atoms with Gasteiger partial charge < -0.3 is 0 Å². The van der Waals surface area contributed by atoms with Crippen molar-refractivity contribution in [2.75, 3.05) is 0 Å². The van der Waals surface area contributed by atoms with Gasteiger partial charge in [0.25, 0.3) is 5.56 Å². The zero-order valence-corrected chi connectivity index (χ0v) is 12.0. The van der Waals surface area contributed by atoms with Crippen LogP contribution in [-0.2, 0) is 6.54 Å². The van der Waals surface area contributed by atoms with E-state index >= 15 is 0 Å². The first-order chi connectivity index (χ1) is 9.60. The number of hydrogen-bond acceptors (Lipinski definition) is 2. The van der Waals surface area contributed by atoms with Gasteiger partial charge in [0.1, 0.15) is 11.6 Å². The van der Waals surface area contributed by atoms with Crippen LogP contribution in [0.2, 0.25) is 0 Å². The SMILES string of the molecule is CC[C@@H](Cl)c1nc2ccc(F)cc2c(=O)n1CC1CC1. The molecule has 106 valence electrons. The van der Waals surface area contributed by atoms with Gasteiger partial charge in [-0.1, -0.05) is 6.92 Å². The molecule has 0 amide bonds. The van der Waals surface area contributed by atoms with Crippen molar-refractivity contribution in [2.24, 2.45) is 5.92 Å². The molecule has 1 aromatic carbocycles. The highest BCUT2D eigenvalue weighted by Gasteiger charge is 2.26. The predicted molar refractivity (Wildman–Crippen MR) is 77.6 cm³/mol. The van der Waals surface area contributed by atoms with Crippen molar-refractivity contribution in [3.05, 3.63) is 40.2 Å². The Labute approximate surface area is 121 Å². The van der Waals surface area contributed by atoms with Crippen LogP contribution >= 0.6 is 11.6 Å². The number of alkyl halides is 1. The van der Waals surface area contributed by atoms with Crippen LogP contribution in [0.3, 0.4) is 0 Å².